The molecule has 0 saturated carbocycles. The lowest BCUT2D eigenvalue weighted by Gasteiger charge is -2.23. The summed E-state index contributed by atoms with van der Waals surface area (Å²) in [5.41, 5.74) is 4.29. The van der Waals surface area contributed by atoms with E-state index in [0.717, 1.165) is 49.2 Å². The second kappa shape index (κ2) is 7.39. The minimum Gasteiger partial charge on any atom is -0.381 e. The molecule has 3 rings (SSSR count). The van der Waals surface area contributed by atoms with Gasteiger partial charge in [-0.15, -0.1) is 0 Å². The Balaban J connectivity index is 1.84. The van der Waals surface area contributed by atoms with Crippen LogP contribution in [-0.4, -0.2) is 28.7 Å². The minimum absolute atomic E-state index is 0.0193. The van der Waals surface area contributed by atoms with Crippen molar-refractivity contribution in [2.45, 2.75) is 60.4 Å². The molecule has 0 unspecified atom stereocenters. The number of hydrogen-bond acceptors (Lipinski definition) is 3. The lowest BCUT2D eigenvalue weighted by atomic mass is 9.92. The number of ether oxygens (including phenoxy) is 1. The van der Waals surface area contributed by atoms with Crippen molar-refractivity contribution in [1.29, 1.82) is 0 Å². The molecule has 1 N–H and O–H groups in total. The molecule has 0 radical (unpaired) electrons. The first-order chi connectivity index (χ1) is 12.2. The van der Waals surface area contributed by atoms with Crippen molar-refractivity contribution in [2.24, 2.45) is 11.3 Å². The van der Waals surface area contributed by atoms with Gasteiger partial charge in [0.2, 0.25) is 5.91 Å². The Morgan fingerprint density at radius 2 is 1.96 bits per heavy atom. The molecule has 2 aromatic heterocycles. The fraction of sp³-hybridized carbons (Fsp3) is 0.619. The van der Waals surface area contributed by atoms with Crippen LogP contribution in [-0.2, 0) is 16.1 Å². The summed E-state index contributed by atoms with van der Waals surface area (Å²) in [7, 11) is 0. The summed E-state index contributed by atoms with van der Waals surface area (Å²) in [6.45, 7) is 13.1. The van der Waals surface area contributed by atoms with Gasteiger partial charge < -0.3 is 14.6 Å². The largest absolute Gasteiger partial charge is 0.381 e. The van der Waals surface area contributed by atoms with Gasteiger partial charge in [0.15, 0.2) is 0 Å². The molecule has 142 valence electrons. The Labute approximate surface area is 156 Å². The minimum atomic E-state index is -0.0360. The number of pyridine rings is 1. The van der Waals surface area contributed by atoms with Crippen LogP contribution in [0.3, 0.4) is 0 Å². The second-order valence-corrected chi connectivity index (χ2v) is 8.80. The molecular formula is C21H31N3O2. The second-order valence-electron chi connectivity index (χ2n) is 8.80. The van der Waals surface area contributed by atoms with Gasteiger partial charge in [0.1, 0.15) is 5.82 Å². The summed E-state index contributed by atoms with van der Waals surface area (Å²) >= 11 is 0. The molecule has 26 heavy (non-hydrogen) atoms. The highest BCUT2D eigenvalue weighted by atomic mass is 16.5. The van der Waals surface area contributed by atoms with E-state index in [1.807, 2.05) is 6.92 Å². The number of carbonyl (C=O) groups is 1. The van der Waals surface area contributed by atoms with Crippen molar-refractivity contribution in [2.75, 3.05) is 18.5 Å². The zero-order valence-corrected chi connectivity index (χ0v) is 16.7. The Kier molecular flexibility index (Phi) is 5.37. The number of amides is 1. The van der Waals surface area contributed by atoms with Gasteiger partial charge in [-0.05, 0) is 55.7 Å². The molecule has 2 aromatic rings. The predicted molar refractivity (Wildman–Crippen MR) is 105 cm³/mol. The van der Waals surface area contributed by atoms with Crippen molar-refractivity contribution < 1.29 is 9.53 Å². The summed E-state index contributed by atoms with van der Waals surface area (Å²) in [5, 5.41) is 2.99. The molecule has 0 aliphatic carbocycles. The number of rotatable bonds is 4. The summed E-state index contributed by atoms with van der Waals surface area (Å²) in [6.07, 6.45) is 2.72. The van der Waals surface area contributed by atoms with E-state index < -0.39 is 0 Å². The van der Waals surface area contributed by atoms with Crippen molar-refractivity contribution in [3.05, 3.63) is 23.4 Å². The molecule has 0 aromatic carbocycles. The van der Waals surface area contributed by atoms with Gasteiger partial charge in [0, 0.05) is 31.9 Å². The van der Waals surface area contributed by atoms with Gasteiger partial charge in [0.05, 0.1) is 11.0 Å². The highest BCUT2D eigenvalue weighted by molar-refractivity contribution is 5.92. The van der Waals surface area contributed by atoms with E-state index in [9.17, 15) is 4.79 Å². The number of aryl methyl sites for hydroxylation is 2. The molecule has 5 heteroatoms. The van der Waals surface area contributed by atoms with Crippen molar-refractivity contribution in [3.63, 3.8) is 0 Å². The maximum absolute atomic E-state index is 12.3. The zero-order valence-electron chi connectivity index (χ0n) is 16.7. The lowest BCUT2D eigenvalue weighted by molar-refractivity contribution is -0.117. The summed E-state index contributed by atoms with van der Waals surface area (Å²) in [5.74, 6) is 1.35. The van der Waals surface area contributed by atoms with Crippen LogP contribution in [0.1, 0.15) is 51.3 Å². The highest BCUT2D eigenvalue weighted by Crippen LogP contribution is 2.27. The molecule has 5 nitrogen and oxygen atoms in total. The van der Waals surface area contributed by atoms with Crippen LogP contribution in [0, 0.1) is 25.2 Å². The van der Waals surface area contributed by atoms with Crippen molar-refractivity contribution in [1.82, 2.24) is 9.55 Å². The quantitative estimate of drug-likeness (QED) is 0.879. The smallest absolute Gasteiger partial charge is 0.226 e. The van der Waals surface area contributed by atoms with Crippen molar-refractivity contribution >= 4 is 22.8 Å². The van der Waals surface area contributed by atoms with Gasteiger partial charge in [-0.3, -0.25) is 4.79 Å². The monoisotopic (exact) mass is 357 g/mol. The number of fused-ring (bicyclic) bond motifs is 1. The number of nitrogens with zero attached hydrogens (tertiary/aromatic N) is 2. The third-order valence-electron chi connectivity index (χ3n) is 5.01. The molecule has 0 spiro atoms. The zero-order chi connectivity index (χ0) is 18.9. The standard InChI is InChI=1S/C21H31N3O2/c1-14-10-18-17(22-20(14)23-19(25)12-21(3,4)5)11-15(2)24(18)13-16-6-8-26-9-7-16/h10-11,16H,6-9,12-13H2,1-5H3,(H,22,23,25). The fourth-order valence-electron chi connectivity index (χ4n) is 3.62. The number of anilines is 1. The maximum Gasteiger partial charge on any atom is 0.226 e. The van der Waals surface area contributed by atoms with Gasteiger partial charge >= 0.3 is 0 Å². The molecule has 0 atom stereocenters. The summed E-state index contributed by atoms with van der Waals surface area (Å²) in [6, 6.07) is 4.27. The molecule has 1 aliphatic heterocycles. The molecule has 3 heterocycles. The van der Waals surface area contributed by atoms with E-state index in [1.165, 1.54) is 5.69 Å². The van der Waals surface area contributed by atoms with E-state index in [1.54, 1.807) is 0 Å². The molecule has 1 aliphatic rings. The Bertz CT molecular complexity index is 796. The molecule has 1 saturated heterocycles. The third kappa shape index (κ3) is 4.44. The third-order valence-corrected chi connectivity index (χ3v) is 5.01. The van der Waals surface area contributed by atoms with Gasteiger partial charge in [0.25, 0.3) is 0 Å². The van der Waals surface area contributed by atoms with Gasteiger partial charge in [-0.2, -0.15) is 0 Å². The molecule has 1 amide bonds. The van der Waals surface area contributed by atoms with Crippen molar-refractivity contribution in [3.8, 4) is 0 Å². The van der Waals surface area contributed by atoms with Crippen LogP contribution in [0.5, 0.6) is 0 Å². The SMILES string of the molecule is Cc1cc2c(cc(C)n2CC2CCOCC2)nc1NC(=O)CC(C)(C)C. The number of aromatic nitrogens is 2. The normalized spacial score (nSPS) is 16.2. The predicted octanol–water partition coefficient (Wildman–Crippen LogP) is 4.45. The Morgan fingerprint density at radius 1 is 1.27 bits per heavy atom. The van der Waals surface area contributed by atoms with E-state index in [-0.39, 0.29) is 11.3 Å². The van der Waals surface area contributed by atoms with E-state index >= 15 is 0 Å². The number of hydrogen-bond donors (Lipinski definition) is 1. The molecular weight excluding hydrogens is 326 g/mol. The molecule has 0 bridgehead atoms. The van der Waals surface area contributed by atoms with Crippen LogP contribution in [0.25, 0.3) is 11.0 Å². The summed E-state index contributed by atoms with van der Waals surface area (Å²) in [4.78, 5) is 17.0. The van der Waals surface area contributed by atoms with Crippen LogP contribution in [0.15, 0.2) is 12.1 Å². The Hall–Kier alpha value is -1.88. The van der Waals surface area contributed by atoms with Gasteiger partial charge in [-0.25, -0.2) is 4.98 Å². The first-order valence-electron chi connectivity index (χ1n) is 9.58. The number of nitrogens with one attached hydrogen (secondary N) is 1. The van der Waals surface area contributed by atoms with Crippen LogP contribution in [0.2, 0.25) is 0 Å². The van der Waals surface area contributed by atoms with Crippen LogP contribution >= 0.6 is 0 Å². The average molecular weight is 357 g/mol. The van der Waals surface area contributed by atoms with E-state index in [2.05, 4.69) is 49.7 Å². The maximum atomic E-state index is 12.3. The first-order valence-corrected chi connectivity index (χ1v) is 9.58. The van der Waals surface area contributed by atoms with E-state index in [4.69, 9.17) is 9.72 Å². The number of carbonyl (C=O) groups excluding carboxylic acids is 1. The summed E-state index contributed by atoms with van der Waals surface area (Å²) < 4.78 is 7.85. The van der Waals surface area contributed by atoms with Gasteiger partial charge in [-0.1, -0.05) is 20.8 Å². The first kappa shape index (κ1) is 18.9. The lowest BCUT2D eigenvalue weighted by Crippen LogP contribution is -2.21. The average Bonchev–Trinajstić information content (AvgIpc) is 2.82. The molecule has 1 fully saturated rings. The highest BCUT2D eigenvalue weighted by Gasteiger charge is 2.19. The topological polar surface area (TPSA) is 56.1 Å². The van der Waals surface area contributed by atoms with Crippen LogP contribution < -0.4 is 5.32 Å². The Morgan fingerprint density at radius 3 is 2.62 bits per heavy atom. The van der Waals surface area contributed by atoms with Crippen LogP contribution in [0.4, 0.5) is 5.82 Å². The fourth-order valence-corrected chi connectivity index (χ4v) is 3.62. The van der Waals surface area contributed by atoms with E-state index in [0.29, 0.717) is 18.2 Å².